The van der Waals surface area contributed by atoms with E-state index in [4.69, 9.17) is 9.15 Å². The fraction of sp³-hybridized carbons (Fsp3) is 0.172. The van der Waals surface area contributed by atoms with Gasteiger partial charge in [0.15, 0.2) is 5.76 Å². The third kappa shape index (κ3) is 5.98. The zero-order valence-electron chi connectivity index (χ0n) is 20.0. The van der Waals surface area contributed by atoms with Crippen LogP contribution >= 0.6 is 0 Å². The molecule has 4 aromatic rings. The van der Waals surface area contributed by atoms with E-state index in [1.165, 1.54) is 18.1 Å². The van der Waals surface area contributed by atoms with Crippen LogP contribution in [0.15, 0.2) is 95.4 Å². The Hall–Kier alpha value is -4.32. The second-order valence-electron chi connectivity index (χ2n) is 8.78. The van der Waals surface area contributed by atoms with Gasteiger partial charge in [-0.05, 0) is 59.7 Å². The lowest BCUT2D eigenvalue weighted by Gasteiger charge is -2.26. The Bertz CT molecular complexity index is 1290. The third-order valence-electron chi connectivity index (χ3n) is 5.80. The molecule has 0 saturated heterocycles. The van der Waals surface area contributed by atoms with Crippen molar-refractivity contribution in [3.8, 4) is 5.75 Å². The molecule has 178 valence electrons. The first kappa shape index (κ1) is 23.8. The maximum absolute atomic E-state index is 12.5. The van der Waals surface area contributed by atoms with Crippen molar-refractivity contribution in [1.82, 2.24) is 0 Å². The molecular formula is C29H28N2O4. The second kappa shape index (κ2) is 10.3. The molecule has 6 nitrogen and oxygen atoms in total. The molecule has 0 aliphatic heterocycles. The monoisotopic (exact) mass is 468 g/mol. The fourth-order valence-electron chi connectivity index (χ4n) is 3.75. The van der Waals surface area contributed by atoms with Crippen LogP contribution in [0, 0.1) is 0 Å². The smallest absolute Gasteiger partial charge is 0.291 e. The largest absolute Gasteiger partial charge is 0.486 e. The maximum atomic E-state index is 12.5. The molecule has 0 spiro atoms. The summed E-state index contributed by atoms with van der Waals surface area (Å²) >= 11 is 0. The summed E-state index contributed by atoms with van der Waals surface area (Å²) in [6.45, 7) is 6.05. The first-order valence-corrected chi connectivity index (χ1v) is 11.4. The molecule has 6 heteroatoms. The van der Waals surface area contributed by atoms with E-state index in [-0.39, 0.29) is 29.6 Å². The molecule has 0 unspecified atom stereocenters. The third-order valence-corrected chi connectivity index (χ3v) is 5.80. The number of hydrogen-bond donors (Lipinski definition) is 2. The van der Waals surface area contributed by atoms with Crippen molar-refractivity contribution in [3.05, 3.63) is 114 Å². The number of carbonyl (C=O) groups is 2. The highest BCUT2D eigenvalue weighted by Gasteiger charge is 2.22. The summed E-state index contributed by atoms with van der Waals surface area (Å²) in [6, 6.07) is 28.6. The molecule has 0 bridgehead atoms. The number of anilines is 2. The number of benzene rings is 3. The minimum absolute atomic E-state index is 0.118. The summed E-state index contributed by atoms with van der Waals surface area (Å²) in [6.07, 6.45) is 0. The van der Waals surface area contributed by atoms with Crippen LogP contribution in [-0.4, -0.2) is 11.8 Å². The van der Waals surface area contributed by atoms with Crippen molar-refractivity contribution in [2.75, 3.05) is 10.6 Å². The van der Waals surface area contributed by atoms with Gasteiger partial charge in [0.1, 0.15) is 18.1 Å². The maximum Gasteiger partial charge on any atom is 0.291 e. The number of amides is 2. The average Bonchev–Trinajstić information content (AvgIpc) is 3.34. The van der Waals surface area contributed by atoms with Crippen molar-refractivity contribution in [2.45, 2.75) is 32.8 Å². The lowest BCUT2D eigenvalue weighted by atomic mass is 9.78. The molecular weight excluding hydrogens is 440 g/mol. The van der Waals surface area contributed by atoms with E-state index < -0.39 is 0 Å². The van der Waals surface area contributed by atoms with Crippen LogP contribution in [-0.2, 0) is 16.8 Å². The summed E-state index contributed by atoms with van der Waals surface area (Å²) in [7, 11) is 0. The molecule has 0 radical (unpaired) electrons. The summed E-state index contributed by atoms with van der Waals surface area (Å²) in [5.74, 6) is 0.939. The molecule has 2 amide bonds. The normalized spacial score (nSPS) is 11.1. The van der Waals surface area contributed by atoms with Gasteiger partial charge in [0, 0.05) is 23.7 Å². The van der Waals surface area contributed by atoms with Crippen LogP contribution in [0.1, 0.15) is 48.2 Å². The lowest BCUT2D eigenvalue weighted by Crippen LogP contribution is -2.18. The predicted molar refractivity (Wildman–Crippen MR) is 137 cm³/mol. The minimum Gasteiger partial charge on any atom is -0.486 e. The van der Waals surface area contributed by atoms with Gasteiger partial charge in [-0.25, -0.2) is 0 Å². The molecule has 4 rings (SSSR count). The zero-order chi connectivity index (χ0) is 24.8. The van der Waals surface area contributed by atoms with Gasteiger partial charge in [-0.1, -0.05) is 56.3 Å². The van der Waals surface area contributed by atoms with E-state index in [1.54, 1.807) is 36.4 Å². The Kier molecular flexibility index (Phi) is 7.01. The Morgan fingerprint density at radius 1 is 0.771 bits per heavy atom. The molecule has 0 fully saturated rings. The van der Waals surface area contributed by atoms with Crippen LogP contribution in [0.2, 0.25) is 0 Å². The fourth-order valence-corrected chi connectivity index (χ4v) is 3.75. The molecule has 3 aromatic carbocycles. The van der Waals surface area contributed by atoms with E-state index in [0.29, 0.717) is 17.1 Å². The summed E-state index contributed by atoms with van der Waals surface area (Å²) in [5, 5.41) is 5.45. The topological polar surface area (TPSA) is 80.6 Å². The highest BCUT2D eigenvalue weighted by Crippen LogP contribution is 2.32. The second-order valence-corrected chi connectivity index (χ2v) is 8.78. The highest BCUT2D eigenvalue weighted by atomic mass is 16.5. The zero-order valence-corrected chi connectivity index (χ0v) is 20.0. The van der Waals surface area contributed by atoms with E-state index in [9.17, 15) is 9.59 Å². The number of hydrogen-bond acceptors (Lipinski definition) is 4. The number of rotatable bonds is 8. The van der Waals surface area contributed by atoms with E-state index in [1.807, 2.05) is 18.2 Å². The van der Waals surface area contributed by atoms with Crippen LogP contribution in [0.5, 0.6) is 5.75 Å². The van der Waals surface area contributed by atoms with Crippen molar-refractivity contribution in [3.63, 3.8) is 0 Å². The lowest BCUT2D eigenvalue weighted by molar-refractivity contribution is -0.114. The van der Waals surface area contributed by atoms with Gasteiger partial charge in [-0.2, -0.15) is 0 Å². The van der Waals surface area contributed by atoms with Crippen LogP contribution in [0.4, 0.5) is 11.4 Å². The summed E-state index contributed by atoms with van der Waals surface area (Å²) in [4.78, 5) is 23.6. The standard InChI is InChI=1S/C29H28N2O4/c1-20(32)30-23-11-13-24(14-12-23)31-28(33)27-18-17-26(35-27)19-34-25-15-9-22(10-16-25)29(2,3)21-7-5-4-6-8-21/h4-18H,19H2,1-3H3,(H,30,32)(H,31,33). The average molecular weight is 469 g/mol. The quantitative estimate of drug-likeness (QED) is 0.314. The summed E-state index contributed by atoms with van der Waals surface area (Å²) < 4.78 is 11.5. The van der Waals surface area contributed by atoms with Crippen LogP contribution in [0.3, 0.4) is 0 Å². The molecule has 0 saturated carbocycles. The van der Waals surface area contributed by atoms with Gasteiger partial charge >= 0.3 is 0 Å². The number of carbonyl (C=O) groups excluding carboxylic acids is 2. The van der Waals surface area contributed by atoms with E-state index in [0.717, 1.165) is 5.75 Å². The number of ether oxygens (including phenoxy) is 1. The van der Waals surface area contributed by atoms with Crippen molar-refractivity contribution in [1.29, 1.82) is 0 Å². The van der Waals surface area contributed by atoms with Gasteiger partial charge in [0.2, 0.25) is 5.91 Å². The van der Waals surface area contributed by atoms with Gasteiger partial charge in [0.25, 0.3) is 5.91 Å². The Morgan fingerprint density at radius 3 is 2.00 bits per heavy atom. The molecule has 35 heavy (non-hydrogen) atoms. The van der Waals surface area contributed by atoms with Gasteiger partial charge in [0.05, 0.1) is 0 Å². The van der Waals surface area contributed by atoms with E-state index in [2.05, 4.69) is 60.9 Å². The molecule has 1 aromatic heterocycles. The minimum atomic E-state index is -0.365. The van der Waals surface area contributed by atoms with Gasteiger partial charge < -0.3 is 19.8 Å². The molecule has 0 atom stereocenters. The number of nitrogens with one attached hydrogen (secondary N) is 2. The first-order chi connectivity index (χ1) is 16.8. The number of furan rings is 1. The molecule has 0 aliphatic carbocycles. The Labute approximate surface area is 204 Å². The van der Waals surface area contributed by atoms with Crippen molar-refractivity contribution in [2.24, 2.45) is 0 Å². The van der Waals surface area contributed by atoms with Crippen molar-refractivity contribution < 1.29 is 18.7 Å². The predicted octanol–water partition coefficient (Wildman–Crippen LogP) is 6.40. The van der Waals surface area contributed by atoms with Gasteiger partial charge in [-0.15, -0.1) is 0 Å². The SMILES string of the molecule is CC(=O)Nc1ccc(NC(=O)c2ccc(COc3ccc(C(C)(C)c4ccccc4)cc3)o2)cc1. The Morgan fingerprint density at radius 2 is 1.37 bits per heavy atom. The summed E-state index contributed by atoms with van der Waals surface area (Å²) in [5.41, 5.74) is 3.58. The van der Waals surface area contributed by atoms with E-state index >= 15 is 0 Å². The molecule has 1 heterocycles. The van der Waals surface area contributed by atoms with Crippen LogP contribution < -0.4 is 15.4 Å². The Balaban J connectivity index is 1.33. The first-order valence-electron chi connectivity index (χ1n) is 11.4. The van der Waals surface area contributed by atoms with Crippen LogP contribution in [0.25, 0.3) is 0 Å². The van der Waals surface area contributed by atoms with Gasteiger partial charge in [-0.3, -0.25) is 9.59 Å². The molecule has 0 aliphatic rings. The highest BCUT2D eigenvalue weighted by molar-refractivity contribution is 6.02. The molecule has 2 N–H and O–H groups in total. The van der Waals surface area contributed by atoms with Crippen molar-refractivity contribution >= 4 is 23.2 Å².